The molecule has 0 radical (unpaired) electrons. The molecule has 3 aromatic rings. The quantitative estimate of drug-likeness (QED) is 0.765. The van der Waals surface area contributed by atoms with E-state index in [9.17, 15) is 4.79 Å². The van der Waals surface area contributed by atoms with Crippen molar-refractivity contribution in [3.8, 4) is 22.8 Å². The molecule has 0 fully saturated rings. The molecule has 0 atom stereocenters. The van der Waals surface area contributed by atoms with E-state index < -0.39 is 5.41 Å². The molecule has 27 heavy (non-hydrogen) atoms. The predicted molar refractivity (Wildman–Crippen MR) is 102 cm³/mol. The number of nitrogens with one attached hydrogen (secondary N) is 1. The van der Waals surface area contributed by atoms with Crippen LogP contribution in [0.4, 0.5) is 5.82 Å². The molecule has 0 aliphatic carbocycles. The molecular formula is C21H19N3O3. The Balaban J connectivity index is 1.51. The van der Waals surface area contributed by atoms with Crippen LogP contribution in [0.1, 0.15) is 19.4 Å². The zero-order chi connectivity index (χ0) is 18.9. The summed E-state index contributed by atoms with van der Waals surface area (Å²) in [5.74, 6) is 1.58. The van der Waals surface area contributed by atoms with Gasteiger partial charge in [-0.3, -0.25) is 4.79 Å². The Hall–Kier alpha value is -3.41. The zero-order valence-electron chi connectivity index (χ0n) is 15.1. The summed E-state index contributed by atoms with van der Waals surface area (Å²) in [5.41, 5.74) is 1.78. The molecular weight excluding hydrogens is 342 g/mol. The summed E-state index contributed by atoms with van der Waals surface area (Å²) in [7, 11) is 0. The first-order valence-corrected chi connectivity index (χ1v) is 8.65. The van der Waals surface area contributed by atoms with Crippen molar-refractivity contribution in [2.24, 2.45) is 0 Å². The van der Waals surface area contributed by atoms with Crippen molar-refractivity contribution < 1.29 is 14.3 Å². The van der Waals surface area contributed by atoms with Gasteiger partial charge in [0.25, 0.3) is 0 Å². The normalized spacial score (nSPS) is 12.7. The first-order chi connectivity index (χ1) is 13.0. The van der Waals surface area contributed by atoms with Crippen LogP contribution in [0, 0.1) is 0 Å². The second kappa shape index (κ2) is 6.72. The summed E-state index contributed by atoms with van der Waals surface area (Å²) in [6, 6.07) is 18.9. The van der Waals surface area contributed by atoms with Crippen molar-refractivity contribution in [1.29, 1.82) is 0 Å². The van der Waals surface area contributed by atoms with Gasteiger partial charge in [0, 0.05) is 5.56 Å². The average Bonchev–Trinajstić information content (AvgIpc) is 3.17. The Morgan fingerprint density at radius 1 is 0.963 bits per heavy atom. The van der Waals surface area contributed by atoms with Crippen molar-refractivity contribution in [1.82, 2.24) is 10.2 Å². The van der Waals surface area contributed by atoms with E-state index in [4.69, 9.17) is 9.47 Å². The minimum absolute atomic E-state index is 0.178. The number of rotatable bonds is 4. The van der Waals surface area contributed by atoms with E-state index >= 15 is 0 Å². The van der Waals surface area contributed by atoms with E-state index in [1.54, 1.807) is 6.07 Å². The van der Waals surface area contributed by atoms with Crippen LogP contribution in [0.3, 0.4) is 0 Å². The number of fused-ring (bicyclic) bond motifs is 1. The highest BCUT2D eigenvalue weighted by Crippen LogP contribution is 2.36. The molecule has 0 spiro atoms. The molecule has 1 aliphatic rings. The lowest BCUT2D eigenvalue weighted by atomic mass is 9.83. The second-order valence-electron chi connectivity index (χ2n) is 6.82. The van der Waals surface area contributed by atoms with Crippen LogP contribution in [-0.4, -0.2) is 22.9 Å². The first kappa shape index (κ1) is 17.0. The smallest absolute Gasteiger partial charge is 0.235 e. The van der Waals surface area contributed by atoms with Crippen LogP contribution in [0.2, 0.25) is 0 Å². The van der Waals surface area contributed by atoms with E-state index in [1.165, 1.54) is 0 Å². The van der Waals surface area contributed by atoms with Crippen molar-refractivity contribution in [3.05, 3.63) is 66.2 Å². The lowest BCUT2D eigenvalue weighted by Gasteiger charge is -2.24. The Bertz CT molecular complexity index is 970. The number of nitrogens with zero attached hydrogens (tertiary/aromatic N) is 2. The minimum Gasteiger partial charge on any atom is -0.454 e. The third-order valence-corrected chi connectivity index (χ3v) is 4.64. The number of anilines is 1. The highest BCUT2D eigenvalue weighted by molar-refractivity contribution is 5.98. The molecule has 136 valence electrons. The summed E-state index contributed by atoms with van der Waals surface area (Å²) in [6.07, 6.45) is 0. The van der Waals surface area contributed by atoms with Gasteiger partial charge in [0.1, 0.15) is 0 Å². The standard InChI is InChI=1S/C21H19N3O3/c1-21(2,15-8-10-17-18(12-15)27-13-26-17)20(25)22-19-11-9-16(23-24-19)14-6-4-3-5-7-14/h3-12H,13H2,1-2H3,(H,22,24,25). The van der Waals surface area contributed by atoms with Crippen molar-refractivity contribution in [3.63, 3.8) is 0 Å². The van der Waals surface area contributed by atoms with Crippen molar-refractivity contribution >= 4 is 11.7 Å². The van der Waals surface area contributed by atoms with Gasteiger partial charge in [0.2, 0.25) is 12.7 Å². The Morgan fingerprint density at radius 2 is 1.74 bits per heavy atom. The maximum absolute atomic E-state index is 12.8. The maximum Gasteiger partial charge on any atom is 0.235 e. The third-order valence-electron chi connectivity index (χ3n) is 4.64. The third kappa shape index (κ3) is 3.33. The van der Waals surface area contributed by atoms with Gasteiger partial charge < -0.3 is 14.8 Å². The summed E-state index contributed by atoms with van der Waals surface area (Å²) in [4.78, 5) is 12.8. The lowest BCUT2D eigenvalue weighted by molar-refractivity contribution is -0.120. The summed E-state index contributed by atoms with van der Waals surface area (Å²) in [6.45, 7) is 3.91. The average molecular weight is 361 g/mol. The number of amides is 1. The molecule has 1 amide bonds. The van der Waals surface area contributed by atoms with Gasteiger partial charge in [-0.1, -0.05) is 36.4 Å². The zero-order valence-corrected chi connectivity index (χ0v) is 15.1. The molecule has 2 aromatic carbocycles. The van der Waals surface area contributed by atoms with E-state index in [-0.39, 0.29) is 12.7 Å². The molecule has 4 rings (SSSR count). The van der Waals surface area contributed by atoms with Crippen molar-refractivity contribution in [2.45, 2.75) is 19.3 Å². The highest BCUT2D eigenvalue weighted by Gasteiger charge is 2.31. The van der Waals surface area contributed by atoms with Crippen LogP contribution < -0.4 is 14.8 Å². The van der Waals surface area contributed by atoms with E-state index in [1.807, 2.05) is 68.4 Å². The maximum atomic E-state index is 12.8. The monoisotopic (exact) mass is 361 g/mol. The topological polar surface area (TPSA) is 73.3 Å². The van der Waals surface area contributed by atoms with Crippen LogP contribution in [-0.2, 0) is 10.2 Å². The molecule has 2 heterocycles. The van der Waals surface area contributed by atoms with Crippen LogP contribution >= 0.6 is 0 Å². The fourth-order valence-electron chi connectivity index (χ4n) is 2.85. The molecule has 6 nitrogen and oxygen atoms in total. The Kier molecular flexibility index (Phi) is 4.24. The van der Waals surface area contributed by atoms with Crippen LogP contribution in [0.15, 0.2) is 60.7 Å². The second-order valence-corrected chi connectivity index (χ2v) is 6.82. The molecule has 0 saturated heterocycles. The fraction of sp³-hybridized carbons (Fsp3) is 0.190. The summed E-state index contributed by atoms with van der Waals surface area (Å²) >= 11 is 0. The molecule has 0 saturated carbocycles. The molecule has 0 unspecified atom stereocenters. The first-order valence-electron chi connectivity index (χ1n) is 8.65. The molecule has 0 bridgehead atoms. The number of aromatic nitrogens is 2. The highest BCUT2D eigenvalue weighted by atomic mass is 16.7. The van der Waals surface area contributed by atoms with Gasteiger partial charge in [-0.25, -0.2) is 0 Å². The summed E-state index contributed by atoms with van der Waals surface area (Å²) < 4.78 is 10.7. The number of benzene rings is 2. The molecule has 1 aromatic heterocycles. The molecule has 1 aliphatic heterocycles. The van der Waals surface area contributed by atoms with E-state index in [0.717, 1.165) is 16.8 Å². The summed E-state index contributed by atoms with van der Waals surface area (Å²) in [5, 5.41) is 11.2. The van der Waals surface area contributed by atoms with Gasteiger partial charge in [-0.2, -0.15) is 0 Å². The number of carbonyl (C=O) groups is 1. The predicted octanol–water partition coefficient (Wildman–Crippen LogP) is 3.79. The SMILES string of the molecule is CC(C)(C(=O)Nc1ccc(-c2ccccc2)nn1)c1ccc2c(c1)OCO2. The molecule has 1 N–H and O–H groups in total. The fourth-order valence-corrected chi connectivity index (χ4v) is 2.85. The van der Waals surface area contributed by atoms with Gasteiger partial charge in [-0.15, -0.1) is 10.2 Å². The van der Waals surface area contributed by atoms with E-state index in [0.29, 0.717) is 17.3 Å². The number of hydrogen-bond acceptors (Lipinski definition) is 5. The van der Waals surface area contributed by atoms with Gasteiger partial charge in [0.15, 0.2) is 17.3 Å². The van der Waals surface area contributed by atoms with Crippen molar-refractivity contribution in [2.75, 3.05) is 12.1 Å². The minimum atomic E-state index is -0.777. The Labute approximate surface area is 157 Å². The van der Waals surface area contributed by atoms with Crippen LogP contribution in [0.25, 0.3) is 11.3 Å². The largest absolute Gasteiger partial charge is 0.454 e. The van der Waals surface area contributed by atoms with Crippen LogP contribution in [0.5, 0.6) is 11.5 Å². The van der Waals surface area contributed by atoms with Gasteiger partial charge in [0.05, 0.1) is 11.1 Å². The van der Waals surface area contributed by atoms with Gasteiger partial charge in [-0.05, 0) is 43.7 Å². The van der Waals surface area contributed by atoms with E-state index in [2.05, 4.69) is 15.5 Å². The number of hydrogen-bond donors (Lipinski definition) is 1. The molecule has 6 heteroatoms. The lowest BCUT2D eigenvalue weighted by Crippen LogP contribution is -2.35. The number of carbonyl (C=O) groups excluding carboxylic acids is 1. The number of ether oxygens (including phenoxy) is 2. The Morgan fingerprint density at radius 3 is 2.48 bits per heavy atom. The van der Waals surface area contributed by atoms with Gasteiger partial charge >= 0.3 is 0 Å².